The predicted octanol–water partition coefficient (Wildman–Crippen LogP) is 6.31. The van der Waals surface area contributed by atoms with Gasteiger partial charge in [0.1, 0.15) is 0 Å². The van der Waals surface area contributed by atoms with E-state index in [1.807, 2.05) is 31.2 Å². The molecule has 5 heteroatoms. The van der Waals surface area contributed by atoms with Gasteiger partial charge in [-0.1, -0.05) is 66.7 Å². The number of hydrogen-bond acceptors (Lipinski definition) is 1. The molecule has 0 saturated carbocycles. The number of alkyl halides is 3. The summed E-state index contributed by atoms with van der Waals surface area (Å²) >= 11 is 0. The molecular weight excluding hydrogens is 361 g/mol. The monoisotopic (exact) mass is 378 g/mol. The van der Waals surface area contributed by atoms with Gasteiger partial charge in [0.2, 0.25) is 5.66 Å². The highest BCUT2D eigenvalue weighted by Crippen LogP contribution is 2.53. The molecule has 2 nitrogen and oxygen atoms in total. The first-order valence-corrected chi connectivity index (χ1v) is 9.05. The van der Waals surface area contributed by atoms with Gasteiger partial charge in [-0.15, -0.1) is 0 Å². The van der Waals surface area contributed by atoms with E-state index >= 15 is 0 Å². The van der Waals surface area contributed by atoms with Crippen molar-refractivity contribution >= 4 is 16.6 Å². The Bertz CT molecular complexity index is 1190. The minimum absolute atomic E-state index is 0.152. The average molecular weight is 378 g/mol. The number of aryl methyl sites for hydroxylation is 1. The van der Waals surface area contributed by atoms with Gasteiger partial charge in [-0.3, -0.25) is 0 Å². The molecule has 0 fully saturated rings. The third-order valence-electron chi connectivity index (χ3n) is 5.56. The van der Waals surface area contributed by atoms with Crippen molar-refractivity contribution in [1.29, 1.82) is 0 Å². The summed E-state index contributed by atoms with van der Waals surface area (Å²) in [5.41, 5.74) is 0.989. The van der Waals surface area contributed by atoms with Crippen LogP contribution < -0.4 is 5.32 Å². The summed E-state index contributed by atoms with van der Waals surface area (Å²) in [4.78, 5) is 0. The molecule has 0 saturated heterocycles. The number of nitrogens with zero attached hydrogens (tertiary/aromatic N) is 1. The SMILES string of the molecule is Cc1c2n(c3ccccc13)[C@](c1ccccc1)(C(F)(F)F)Nc1ccccc1-2. The van der Waals surface area contributed by atoms with Gasteiger partial charge >= 0.3 is 6.18 Å². The standard InChI is InChI=1S/C23H17F3N2/c1-15-17-11-6-8-14-20(17)28-21(15)18-12-5-7-13-19(18)27-22(28,23(24,25)26)16-9-3-2-4-10-16/h2-14,27H,1H3/t22-/m1/s1. The van der Waals surface area contributed by atoms with E-state index in [1.165, 1.54) is 16.7 Å². The normalized spacial score (nSPS) is 18.4. The number of fused-ring (bicyclic) bond motifs is 5. The average Bonchev–Trinajstić information content (AvgIpc) is 3.01. The molecule has 5 rings (SSSR count). The van der Waals surface area contributed by atoms with E-state index in [2.05, 4.69) is 5.32 Å². The lowest BCUT2D eigenvalue weighted by Crippen LogP contribution is -2.56. The van der Waals surface area contributed by atoms with Crippen molar-refractivity contribution in [2.75, 3.05) is 5.32 Å². The lowest BCUT2D eigenvalue weighted by atomic mass is 9.92. The smallest absolute Gasteiger partial charge is 0.351 e. The number of rotatable bonds is 1. The molecule has 1 aliphatic heterocycles. The molecule has 1 atom stereocenters. The minimum atomic E-state index is -4.58. The number of aromatic nitrogens is 1. The van der Waals surface area contributed by atoms with E-state index in [1.54, 1.807) is 42.5 Å². The maximum absolute atomic E-state index is 14.9. The summed E-state index contributed by atoms with van der Waals surface area (Å²) in [5.74, 6) is 0. The number of hydrogen-bond donors (Lipinski definition) is 1. The summed E-state index contributed by atoms with van der Waals surface area (Å²) < 4.78 is 46.2. The van der Waals surface area contributed by atoms with Gasteiger partial charge in [0.25, 0.3) is 0 Å². The number of nitrogens with one attached hydrogen (secondary N) is 1. The largest absolute Gasteiger partial charge is 0.435 e. The van der Waals surface area contributed by atoms with Gasteiger partial charge in [-0.2, -0.15) is 13.2 Å². The first-order chi connectivity index (χ1) is 13.4. The summed E-state index contributed by atoms with van der Waals surface area (Å²) in [7, 11) is 0. The van der Waals surface area contributed by atoms with Crippen LogP contribution >= 0.6 is 0 Å². The van der Waals surface area contributed by atoms with Gasteiger partial charge in [-0.25, -0.2) is 0 Å². The molecule has 28 heavy (non-hydrogen) atoms. The third kappa shape index (κ3) is 2.04. The van der Waals surface area contributed by atoms with Crippen LogP contribution in [0.3, 0.4) is 0 Å². The van der Waals surface area contributed by atoms with E-state index in [-0.39, 0.29) is 5.56 Å². The highest BCUT2D eigenvalue weighted by Gasteiger charge is 2.61. The molecular formula is C23H17F3N2. The van der Waals surface area contributed by atoms with Gasteiger partial charge in [0, 0.05) is 22.2 Å². The summed E-state index contributed by atoms with van der Waals surface area (Å²) in [6, 6.07) is 22.5. The molecule has 1 aliphatic rings. The number of para-hydroxylation sites is 2. The summed E-state index contributed by atoms with van der Waals surface area (Å²) in [5, 5.41) is 3.69. The molecule has 4 aromatic rings. The van der Waals surface area contributed by atoms with E-state index in [0.29, 0.717) is 16.9 Å². The Labute approximate surface area is 160 Å². The van der Waals surface area contributed by atoms with Crippen LogP contribution in [0.4, 0.5) is 18.9 Å². The highest BCUT2D eigenvalue weighted by molar-refractivity contribution is 5.96. The first kappa shape index (κ1) is 16.9. The maximum atomic E-state index is 14.9. The Hall–Kier alpha value is -3.21. The molecule has 0 radical (unpaired) electrons. The van der Waals surface area contributed by atoms with E-state index < -0.39 is 11.8 Å². The maximum Gasteiger partial charge on any atom is 0.435 e. The van der Waals surface area contributed by atoms with E-state index in [4.69, 9.17) is 0 Å². The van der Waals surface area contributed by atoms with Gasteiger partial charge in [0.05, 0.1) is 11.2 Å². The number of halogens is 3. The topological polar surface area (TPSA) is 17.0 Å². The lowest BCUT2D eigenvalue weighted by Gasteiger charge is -2.44. The van der Waals surface area contributed by atoms with Crippen molar-refractivity contribution in [3.8, 4) is 11.3 Å². The van der Waals surface area contributed by atoms with Crippen molar-refractivity contribution in [3.63, 3.8) is 0 Å². The van der Waals surface area contributed by atoms with Crippen molar-refractivity contribution in [2.24, 2.45) is 0 Å². The Kier molecular flexibility index (Phi) is 3.41. The second-order valence-electron chi connectivity index (χ2n) is 7.07. The molecule has 0 bridgehead atoms. The molecule has 0 spiro atoms. The van der Waals surface area contributed by atoms with E-state index in [0.717, 1.165) is 16.5 Å². The fourth-order valence-electron chi connectivity index (χ4n) is 4.36. The Balaban J connectivity index is 2.02. The zero-order valence-corrected chi connectivity index (χ0v) is 15.1. The van der Waals surface area contributed by atoms with Crippen LogP contribution in [0.2, 0.25) is 0 Å². The summed E-state index contributed by atoms with van der Waals surface area (Å²) in [6.45, 7) is 1.89. The van der Waals surface area contributed by atoms with Crippen LogP contribution in [0.5, 0.6) is 0 Å². The minimum Gasteiger partial charge on any atom is -0.351 e. The van der Waals surface area contributed by atoms with Crippen molar-refractivity contribution < 1.29 is 13.2 Å². The van der Waals surface area contributed by atoms with Crippen LogP contribution in [-0.2, 0) is 5.66 Å². The molecule has 0 unspecified atom stereocenters. The van der Waals surface area contributed by atoms with Crippen molar-refractivity contribution in [2.45, 2.75) is 18.8 Å². The molecule has 0 amide bonds. The number of anilines is 1. The molecule has 0 aliphatic carbocycles. The van der Waals surface area contributed by atoms with Crippen molar-refractivity contribution in [3.05, 3.63) is 90.0 Å². The Morgan fingerprint density at radius 1 is 0.821 bits per heavy atom. The number of benzene rings is 3. The van der Waals surface area contributed by atoms with Crippen molar-refractivity contribution in [1.82, 2.24) is 4.57 Å². The second kappa shape index (κ2) is 5.64. The highest BCUT2D eigenvalue weighted by atomic mass is 19.4. The first-order valence-electron chi connectivity index (χ1n) is 9.05. The molecule has 140 valence electrons. The van der Waals surface area contributed by atoms with Crippen LogP contribution in [0.15, 0.2) is 78.9 Å². The Morgan fingerprint density at radius 3 is 2.21 bits per heavy atom. The fraction of sp³-hybridized carbons (Fsp3) is 0.130. The van der Waals surface area contributed by atoms with Crippen LogP contribution in [0.25, 0.3) is 22.2 Å². The zero-order chi connectivity index (χ0) is 19.5. The lowest BCUT2D eigenvalue weighted by molar-refractivity contribution is -0.189. The van der Waals surface area contributed by atoms with Crippen LogP contribution in [0, 0.1) is 6.92 Å². The van der Waals surface area contributed by atoms with Crippen LogP contribution in [-0.4, -0.2) is 10.7 Å². The molecule has 3 aromatic carbocycles. The van der Waals surface area contributed by atoms with Crippen LogP contribution in [0.1, 0.15) is 11.1 Å². The third-order valence-corrected chi connectivity index (χ3v) is 5.56. The summed E-state index contributed by atoms with van der Waals surface area (Å²) in [6.07, 6.45) is -4.58. The quantitative estimate of drug-likeness (QED) is 0.411. The fourth-order valence-corrected chi connectivity index (χ4v) is 4.36. The second-order valence-corrected chi connectivity index (χ2v) is 7.07. The predicted molar refractivity (Wildman–Crippen MR) is 105 cm³/mol. The van der Waals surface area contributed by atoms with E-state index in [9.17, 15) is 13.2 Å². The zero-order valence-electron chi connectivity index (χ0n) is 15.1. The molecule has 1 N–H and O–H groups in total. The Morgan fingerprint density at radius 2 is 1.46 bits per heavy atom. The van der Waals surface area contributed by atoms with Gasteiger partial charge < -0.3 is 9.88 Å². The molecule has 1 aromatic heterocycles. The molecule has 2 heterocycles. The van der Waals surface area contributed by atoms with Gasteiger partial charge in [0.15, 0.2) is 0 Å². The van der Waals surface area contributed by atoms with Gasteiger partial charge in [-0.05, 0) is 24.6 Å².